The summed E-state index contributed by atoms with van der Waals surface area (Å²) in [6.45, 7) is 4.70. The van der Waals surface area contributed by atoms with Crippen molar-refractivity contribution >= 4 is 70.7 Å². The highest BCUT2D eigenvalue weighted by Gasteiger charge is 2.50. The maximum absolute atomic E-state index is 15.0. The number of benzene rings is 3. The molecule has 13 atom stereocenters. The van der Waals surface area contributed by atoms with Gasteiger partial charge in [-0.25, -0.2) is 5.26 Å². The largest absolute Gasteiger partial charge is 0.504 e. The van der Waals surface area contributed by atoms with Crippen molar-refractivity contribution in [2.45, 2.75) is 156 Å². The summed E-state index contributed by atoms with van der Waals surface area (Å²) < 4.78 is 21.3. The predicted molar refractivity (Wildman–Crippen MR) is 358 cm³/mol. The Morgan fingerprint density at radius 1 is 0.762 bits per heavy atom. The monoisotopic (exact) mass is 1450 g/mol. The van der Waals surface area contributed by atoms with Crippen LogP contribution in [0.2, 0.25) is 0 Å². The normalized spacial score (nSPS) is 27.1. The lowest BCUT2D eigenvalue weighted by Gasteiger charge is -2.44. The summed E-state index contributed by atoms with van der Waals surface area (Å²) in [7, 11) is 0. The van der Waals surface area contributed by atoms with Crippen LogP contribution in [0, 0.1) is 5.92 Å². The minimum Gasteiger partial charge on any atom is -0.504 e. The van der Waals surface area contributed by atoms with Crippen LogP contribution in [0.25, 0.3) is 21.1 Å². The molecule has 36 heteroatoms. The molecule has 5 saturated heterocycles. The number of ether oxygens (including phenoxy) is 2. The highest BCUT2D eigenvalue weighted by Crippen LogP contribution is 2.39. The molecule has 6 aliphatic rings. The Morgan fingerprint density at radius 3 is 2.04 bits per heavy atom. The summed E-state index contributed by atoms with van der Waals surface area (Å²) >= 11 is 1.39. The second-order valence-electron chi connectivity index (χ2n) is 26.3. The van der Waals surface area contributed by atoms with Crippen molar-refractivity contribution in [3.63, 3.8) is 0 Å². The molecule has 34 nitrogen and oxygen atoms in total. The quantitative estimate of drug-likeness (QED) is 0.0171. The highest BCUT2D eigenvalue weighted by atomic mass is 32.2. The van der Waals surface area contributed by atoms with Gasteiger partial charge in [-0.15, -0.1) is 10.2 Å². The molecule has 7 amide bonds. The van der Waals surface area contributed by atoms with Crippen molar-refractivity contribution in [3.05, 3.63) is 77.9 Å². The molecule has 1 aliphatic carbocycles. The summed E-state index contributed by atoms with van der Waals surface area (Å²) in [6.07, 6.45) is -8.74. The molecule has 552 valence electrons. The molecule has 0 unspecified atom stereocenters. The van der Waals surface area contributed by atoms with Crippen LogP contribution in [0.4, 0.5) is 5.69 Å². The fourth-order valence-corrected chi connectivity index (χ4v) is 14.8. The number of carbonyl (C=O) groups excluding carboxylic acids is 7. The first kappa shape index (κ1) is 76.3. The van der Waals surface area contributed by atoms with Crippen LogP contribution in [0.15, 0.2) is 66.7 Å². The second-order valence-corrected chi connectivity index (χ2v) is 27.7. The molecule has 0 radical (unpaired) electrons. The number of carbonyl (C=O) groups is 7. The van der Waals surface area contributed by atoms with Crippen molar-refractivity contribution in [3.8, 4) is 32.6 Å². The standard InChI is InChI=1S/C65H88N12O22S2/c1-34-30-77-54(55(34)86)60(91)67-29-43(81)27-45(68-56(87)37-4-6-38(7-5-37)61-72-73-62(100-61)39-8-10-41(11-9-39)74-19-21-75(22-20-74)42-13-16-65(17-14-42)95-23-24-96-65)57(88)69-51(35(2)80)63(92)76-31-44(82)28-46(76)58(89)70-52(49(85)25-36-3-12-47(83)50(26-36)97-101-99-98-94)59(90)71-53(64(77)93)48(84)15-18-66-40(32-78)33-79/h3-12,26,34-35,40,42-46,48-49,51-55,66,78-86,94H,13-25,27-33H2,1-2H3,(H,67,91)(H,68,87)(H,69,88)(H,70,89)(H,71,90)/t34-,35+,43+,44+,45-,46-,48+,49+,51-,52-,53-,54-,55-/m0/s1. The molecule has 16 N–H and O–H groups in total. The maximum atomic E-state index is 15.0. The van der Waals surface area contributed by atoms with E-state index < -0.39 is 184 Å². The lowest BCUT2D eigenvalue weighted by molar-refractivity contribution is -0.433. The van der Waals surface area contributed by atoms with Gasteiger partial charge >= 0.3 is 0 Å². The van der Waals surface area contributed by atoms with Crippen LogP contribution in [0.1, 0.15) is 74.7 Å². The Hall–Kier alpha value is -7.34. The van der Waals surface area contributed by atoms with E-state index in [1.54, 1.807) is 12.1 Å². The molecule has 6 heterocycles. The second kappa shape index (κ2) is 34.8. The zero-order valence-corrected chi connectivity index (χ0v) is 57.2. The van der Waals surface area contributed by atoms with Gasteiger partial charge in [0.1, 0.15) is 46.3 Å². The molecule has 1 spiro atoms. The maximum Gasteiger partial charge on any atom is 0.261 e. The summed E-state index contributed by atoms with van der Waals surface area (Å²) in [5.74, 6) is -10.0. The number of nitrogens with zero attached hydrogens (tertiary/aromatic N) is 6. The van der Waals surface area contributed by atoms with E-state index in [2.05, 4.69) is 73.4 Å². The molecule has 101 heavy (non-hydrogen) atoms. The molecule has 3 aromatic carbocycles. The van der Waals surface area contributed by atoms with E-state index in [0.717, 1.165) is 85.9 Å². The molecule has 1 aromatic heterocycles. The first-order valence-corrected chi connectivity index (χ1v) is 35.0. The topological polar surface area (TPSA) is 479 Å². The smallest absolute Gasteiger partial charge is 0.261 e. The number of amides is 7. The summed E-state index contributed by atoms with van der Waals surface area (Å²) in [4.78, 5) is 109. The van der Waals surface area contributed by atoms with Gasteiger partial charge in [0.05, 0.1) is 69.1 Å². The molecular weight excluding hydrogens is 1360 g/mol. The third-order valence-corrected chi connectivity index (χ3v) is 20.8. The first-order valence-electron chi connectivity index (χ1n) is 33.6. The number of anilines is 1. The highest BCUT2D eigenvalue weighted by molar-refractivity contribution is 7.90. The van der Waals surface area contributed by atoms with Gasteiger partial charge in [-0.1, -0.05) is 45.8 Å². The number of phenols is 1. The van der Waals surface area contributed by atoms with E-state index in [4.69, 9.17) is 18.9 Å². The number of nitrogens with one attached hydrogen (secondary N) is 6. The molecule has 4 aromatic rings. The molecule has 5 aliphatic heterocycles. The number of phenolic OH excluding ortho intramolecular Hbond substituents is 1. The lowest BCUT2D eigenvalue weighted by atomic mass is 9.88. The van der Waals surface area contributed by atoms with Gasteiger partial charge < -0.3 is 106 Å². The molecule has 1 saturated carbocycles. The fraction of sp³-hybridized carbons (Fsp3) is 0.585. The van der Waals surface area contributed by atoms with E-state index in [1.165, 1.54) is 42.5 Å². The Bertz CT molecular complexity index is 3480. The molecule has 0 bridgehead atoms. The summed E-state index contributed by atoms with van der Waals surface area (Å²) in [5, 5.41) is 136. The van der Waals surface area contributed by atoms with E-state index in [1.807, 2.05) is 12.1 Å². The van der Waals surface area contributed by atoms with Crippen LogP contribution in [0.3, 0.4) is 0 Å². The Balaban J connectivity index is 0.875. The van der Waals surface area contributed by atoms with E-state index in [9.17, 15) is 74.7 Å². The third kappa shape index (κ3) is 18.7. The minimum absolute atomic E-state index is 0.0156. The van der Waals surface area contributed by atoms with Crippen LogP contribution >= 0.6 is 23.7 Å². The van der Waals surface area contributed by atoms with Crippen molar-refractivity contribution in [1.29, 1.82) is 0 Å². The predicted octanol–water partition coefficient (Wildman–Crippen LogP) is -2.97. The zero-order chi connectivity index (χ0) is 72.2. The average molecular weight is 1450 g/mol. The number of β-amino-alcohol motifs (C(OH)–C–C–N with tert-alkyl or cyclic N) is 1. The minimum atomic E-state index is -2.16. The van der Waals surface area contributed by atoms with Crippen molar-refractivity contribution in [1.82, 2.24) is 56.8 Å². The Labute approximate surface area is 588 Å². The zero-order valence-electron chi connectivity index (χ0n) is 55.5. The lowest BCUT2D eigenvalue weighted by Crippen LogP contribution is -2.64. The van der Waals surface area contributed by atoms with Crippen LogP contribution in [-0.2, 0) is 54.0 Å². The van der Waals surface area contributed by atoms with E-state index >= 15 is 4.79 Å². The molecule has 6 fully saturated rings. The van der Waals surface area contributed by atoms with Gasteiger partial charge in [-0.2, -0.15) is 0 Å². The van der Waals surface area contributed by atoms with E-state index in [0.29, 0.717) is 34.8 Å². The molecule has 10 rings (SSSR count). The number of piperazine rings is 1. The SMILES string of the molecule is C[C@@H](O)[C@@H]1NC(=O)[C@@H](NC(=O)c2ccc(-c3nnc(-c4ccc(N5CCN(C6CCC7(CC6)OCCO7)CC5)cc4)s3)cc2)C[C@@H](O)CNC(=O)[C@@H]2[C@@H](O)[C@@H](C)CN2C(=O)[C@H]([C@H](O)CCNC(CO)CO)NC(=O)[C@H]([C@H](O)Cc2ccc(O)c(OSOOO)c2)NC(=O)[C@@H]2C[C@@H](O)CN2C1=O. The van der Waals surface area contributed by atoms with Gasteiger partial charge in [-0.3, -0.25) is 38.5 Å². The van der Waals surface area contributed by atoms with Gasteiger partial charge in [0.25, 0.3) is 18.2 Å². The van der Waals surface area contributed by atoms with Crippen LogP contribution < -0.4 is 41.0 Å². The number of aromatic hydroxyl groups is 1. The average Bonchev–Trinajstić information content (AvgIpc) is 1.72. The number of rotatable bonds is 21. The van der Waals surface area contributed by atoms with Crippen LogP contribution in [0.5, 0.6) is 11.5 Å². The Kier molecular flexibility index (Phi) is 26.3. The number of fused-ring (bicyclic) bond motifs is 2. The number of aromatic nitrogens is 2. The number of hydrogen-bond donors (Lipinski definition) is 16. The molecular formula is C65H88N12O22S2. The Morgan fingerprint density at radius 2 is 1.40 bits per heavy atom. The van der Waals surface area contributed by atoms with Crippen LogP contribution in [-0.4, -0.2) is 287 Å². The summed E-state index contributed by atoms with van der Waals surface area (Å²) in [6, 6.07) is 6.04. The number of hydrogen-bond acceptors (Lipinski definition) is 29. The number of aliphatic hydroxyl groups is 8. The fourth-order valence-electron chi connectivity index (χ4n) is 13.7. The van der Waals surface area contributed by atoms with Crippen molar-refractivity contribution in [2.24, 2.45) is 5.92 Å². The van der Waals surface area contributed by atoms with Gasteiger partial charge in [0.15, 0.2) is 17.3 Å². The first-order chi connectivity index (χ1) is 48.5. The van der Waals surface area contributed by atoms with Gasteiger partial charge in [0, 0.05) is 112 Å². The third-order valence-electron chi connectivity index (χ3n) is 19.4. The van der Waals surface area contributed by atoms with Crippen molar-refractivity contribution in [2.75, 3.05) is 83.7 Å². The van der Waals surface area contributed by atoms with E-state index in [-0.39, 0.29) is 48.1 Å². The van der Waals surface area contributed by atoms with Crippen molar-refractivity contribution < 1.29 is 108 Å². The van der Waals surface area contributed by atoms with Gasteiger partial charge in [0.2, 0.25) is 35.4 Å². The van der Waals surface area contributed by atoms with Gasteiger partial charge in [-0.05, 0) is 86.8 Å². The number of aliphatic hydroxyl groups excluding tert-OH is 8. The summed E-state index contributed by atoms with van der Waals surface area (Å²) in [5.41, 5.74) is 2.67.